The molecule has 1 aromatic rings. The molecule has 2 aliphatic rings. The Labute approximate surface area is 184 Å². The summed E-state index contributed by atoms with van der Waals surface area (Å²) in [5, 5.41) is 6.19. The zero-order valence-electron chi connectivity index (χ0n) is 18.0. The van der Waals surface area contributed by atoms with Crippen LogP contribution in [0, 0.1) is 12.0 Å². The van der Waals surface area contributed by atoms with Gasteiger partial charge in [0.1, 0.15) is 11.6 Å². The Kier molecular flexibility index (Phi) is 6.79. The van der Waals surface area contributed by atoms with Crippen LogP contribution in [0.15, 0.2) is 47.5 Å². The van der Waals surface area contributed by atoms with Crippen LogP contribution in [0.4, 0.5) is 13.2 Å². The molecular weight excluding hydrogens is 423 g/mol. The molecule has 10 heteroatoms. The number of hydrogen-bond donors (Lipinski definition) is 2. The van der Waals surface area contributed by atoms with Gasteiger partial charge in [0.2, 0.25) is 5.91 Å². The van der Waals surface area contributed by atoms with Gasteiger partial charge in [-0.2, -0.15) is 0 Å². The fourth-order valence-corrected chi connectivity index (χ4v) is 3.51. The molecule has 0 spiro atoms. The summed E-state index contributed by atoms with van der Waals surface area (Å²) in [6, 6.07) is 8.59. The Balaban J connectivity index is 1.84. The second kappa shape index (κ2) is 9.36. The quantitative estimate of drug-likeness (QED) is 0.413. The van der Waals surface area contributed by atoms with Gasteiger partial charge in [-0.1, -0.05) is 12.5 Å². The van der Waals surface area contributed by atoms with E-state index in [0.717, 1.165) is 11.3 Å². The van der Waals surface area contributed by atoms with Crippen LogP contribution in [0.25, 0.3) is 5.70 Å². The zero-order valence-corrected chi connectivity index (χ0v) is 18.0. The lowest BCUT2D eigenvalue weighted by Gasteiger charge is -2.45. The summed E-state index contributed by atoms with van der Waals surface area (Å²) in [5.41, 5.74) is 2.21. The van der Waals surface area contributed by atoms with E-state index in [9.17, 15) is 18.0 Å². The number of alkyl halides is 3. The molecule has 0 saturated carbocycles. The largest absolute Gasteiger partial charge is 0.573 e. The standard InChI is InChI=1S/C22H24F3N5O2/c1-5-11-29(4)20-14(3)19(15-7-9-17(10-8-15)32-22(23,24)25)27-21(28-20)30-12-16(13-30)26-18(31)6-2/h6-10,16,21,27H,2,12-13H2,1,3-4H3,(H,26,31). The van der Waals surface area contributed by atoms with Crippen LogP contribution < -0.4 is 15.4 Å². The normalized spacial score (nSPS) is 19.1. The van der Waals surface area contributed by atoms with E-state index < -0.39 is 12.7 Å². The SMILES string of the molecule is C=CC(=O)NC1CN(C2N=C(N(C)C#CC)C(C)=C(c3ccc(OC(F)(F)F)cc3)N2)C1. The Morgan fingerprint density at radius 2 is 2.03 bits per heavy atom. The number of benzene rings is 1. The van der Waals surface area contributed by atoms with E-state index in [1.165, 1.54) is 18.2 Å². The third kappa shape index (κ3) is 5.42. The lowest BCUT2D eigenvalue weighted by atomic mass is 10.0. The van der Waals surface area contributed by atoms with Gasteiger partial charge in [-0.3, -0.25) is 14.6 Å². The Morgan fingerprint density at radius 3 is 2.59 bits per heavy atom. The third-order valence-corrected chi connectivity index (χ3v) is 4.99. The van der Waals surface area contributed by atoms with Gasteiger partial charge in [0, 0.05) is 31.8 Å². The molecule has 0 bridgehead atoms. The maximum absolute atomic E-state index is 12.5. The number of amides is 1. The van der Waals surface area contributed by atoms with E-state index in [0.29, 0.717) is 24.5 Å². The summed E-state index contributed by atoms with van der Waals surface area (Å²) < 4.78 is 41.4. The number of ether oxygens (including phenoxy) is 1. The highest BCUT2D eigenvalue weighted by Gasteiger charge is 2.36. The number of rotatable bonds is 5. The predicted octanol–water partition coefficient (Wildman–Crippen LogP) is 2.50. The van der Waals surface area contributed by atoms with Crippen LogP contribution in [-0.4, -0.2) is 60.4 Å². The van der Waals surface area contributed by atoms with Crippen LogP contribution in [0.1, 0.15) is 19.4 Å². The topological polar surface area (TPSA) is 69.2 Å². The van der Waals surface area contributed by atoms with Gasteiger partial charge in [-0.15, -0.1) is 13.2 Å². The zero-order chi connectivity index (χ0) is 23.5. The van der Waals surface area contributed by atoms with Gasteiger partial charge in [-0.25, -0.2) is 4.99 Å². The molecule has 0 radical (unpaired) electrons. The number of likely N-dealkylation sites (N-methyl/N-ethyl adjacent to an activating group) is 1. The first kappa shape index (κ1) is 23.2. The second-order valence-corrected chi connectivity index (χ2v) is 7.33. The average molecular weight is 447 g/mol. The first-order valence-corrected chi connectivity index (χ1v) is 9.86. The van der Waals surface area contributed by atoms with E-state index in [-0.39, 0.29) is 17.7 Å². The third-order valence-electron chi connectivity index (χ3n) is 4.99. The molecule has 32 heavy (non-hydrogen) atoms. The molecule has 2 heterocycles. The average Bonchev–Trinajstić information content (AvgIpc) is 2.70. The summed E-state index contributed by atoms with van der Waals surface area (Å²) in [6.45, 7) is 8.21. The van der Waals surface area contributed by atoms with Crippen molar-refractivity contribution in [2.75, 3.05) is 20.1 Å². The van der Waals surface area contributed by atoms with Gasteiger partial charge in [0.05, 0.1) is 11.7 Å². The Bertz CT molecular complexity index is 999. The molecule has 0 aliphatic carbocycles. The van der Waals surface area contributed by atoms with Crippen LogP contribution in [0.3, 0.4) is 0 Å². The van der Waals surface area contributed by atoms with E-state index in [1.807, 2.05) is 11.8 Å². The minimum atomic E-state index is -4.75. The van der Waals surface area contributed by atoms with Crippen molar-refractivity contribution in [1.82, 2.24) is 20.4 Å². The van der Waals surface area contributed by atoms with Crippen molar-refractivity contribution in [3.05, 3.63) is 48.1 Å². The molecule has 0 aromatic heterocycles. The summed E-state index contributed by atoms with van der Waals surface area (Å²) >= 11 is 0. The van der Waals surface area contributed by atoms with Crippen molar-refractivity contribution in [2.45, 2.75) is 32.5 Å². The number of nitrogens with zero attached hydrogens (tertiary/aromatic N) is 3. The molecule has 3 rings (SSSR count). The Morgan fingerprint density at radius 1 is 1.38 bits per heavy atom. The van der Waals surface area contributed by atoms with Gasteiger partial charge >= 0.3 is 6.36 Å². The molecule has 2 N–H and O–H groups in total. The van der Waals surface area contributed by atoms with Crippen LogP contribution >= 0.6 is 0 Å². The maximum Gasteiger partial charge on any atom is 0.573 e. The number of carbonyl (C=O) groups is 1. The monoisotopic (exact) mass is 447 g/mol. The van der Waals surface area contributed by atoms with Crippen molar-refractivity contribution in [1.29, 1.82) is 0 Å². The first-order valence-electron chi connectivity index (χ1n) is 9.86. The maximum atomic E-state index is 12.5. The number of likely N-dealkylation sites (tertiary alicyclic amines) is 1. The smallest absolute Gasteiger partial charge is 0.406 e. The van der Waals surface area contributed by atoms with Gasteiger partial charge in [0.25, 0.3) is 0 Å². The van der Waals surface area contributed by atoms with Gasteiger partial charge in [-0.05, 0) is 49.8 Å². The fourth-order valence-electron chi connectivity index (χ4n) is 3.51. The van der Waals surface area contributed by atoms with Crippen LogP contribution in [0.2, 0.25) is 0 Å². The predicted molar refractivity (Wildman–Crippen MR) is 115 cm³/mol. The van der Waals surface area contributed by atoms with Crippen LogP contribution in [0.5, 0.6) is 5.75 Å². The number of carbonyl (C=O) groups excluding carboxylic acids is 1. The molecule has 1 unspecified atom stereocenters. The second-order valence-electron chi connectivity index (χ2n) is 7.33. The van der Waals surface area contributed by atoms with Crippen molar-refractivity contribution >= 4 is 17.4 Å². The number of hydrogen-bond acceptors (Lipinski definition) is 6. The van der Waals surface area contributed by atoms with E-state index in [2.05, 4.69) is 33.9 Å². The summed E-state index contributed by atoms with van der Waals surface area (Å²) in [4.78, 5) is 20.0. The highest BCUT2D eigenvalue weighted by Crippen LogP contribution is 2.28. The highest BCUT2D eigenvalue weighted by atomic mass is 19.4. The lowest BCUT2D eigenvalue weighted by Crippen LogP contribution is -2.64. The molecule has 1 amide bonds. The minimum Gasteiger partial charge on any atom is -0.406 e. The molecule has 1 aromatic carbocycles. The van der Waals surface area contributed by atoms with E-state index in [1.54, 1.807) is 31.0 Å². The van der Waals surface area contributed by atoms with E-state index >= 15 is 0 Å². The van der Waals surface area contributed by atoms with Gasteiger partial charge < -0.3 is 15.4 Å². The number of halogens is 3. The summed E-state index contributed by atoms with van der Waals surface area (Å²) in [6.07, 6.45) is -3.94. The minimum absolute atomic E-state index is 0.0108. The molecule has 1 atom stereocenters. The van der Waals surface area contributed by atoms with Crippen LogP contribution in [-0.2, 0) is 4.79 Å². The summed E-state index contributed by atoms with van der Waals surface area (Å²) in [5.74, 6) is 2.96. The van der Waals surface area contributed by atoms with Crippen molar-refractivity contribution < 1.29 is 22.7 Å². The summed E-state index contributed by atoms with van der Waals surface area (Å²) in [7, 11) is 1.79. The number of aliphatic imine (C=N–C) groups is 1. The molecule has 2 aliphatic heterocycles. The van der Waals surface area contributed by atoms with Crippen molar-refractivity contribution in [3.63, 3.8) is 0 Å². The lowest BCUT2D eigenvalue weighted by molar-refractivity contribution is -0.274. The fraction of sp³-hybridized carbons (Fsp3) is 0.364. The van der Waals surface area contributed by atoms with Gasteiger partial charge in [0.15, 0.2) is 6.29 Å². The number of nitrogens with one attached hydrogen (secondary N) is 2. The first-order chi connectivity index (χ1) is 15.1. The molecular formula is C22H24F3N5O2. The molecule has 1 fully saturated rings. The molecule has 170 valence electrons. The van der Waals surface area contributed by atoms with Crippen molar-refractivity contribution in [3.8, 4) is 17.7 Å². The molecule has 7 nitrogen and oxygen atoms in total. The Hall–Kier alpha value is -3.45. The molecule has 1 saturated heterocycles. The number of amidine groups is 1. The highest BCUT2D eigenvalue weighted by molar-refractivity contribution is 6.06. The van der Waals surface area contributed by atoms with E-state index in [4.69, 9.17) is 4.99 Å². The van der Waals surface area contributed by atoms with Crippen molar-refractivity contribution in [2.24, 2.45) is 4.99 Å².